The first-order valence-electron chi connectivity index (χ1n) is 3.97. The summed E-state index contributed by atoms with van der Waals surface area (Å²) in [6.07, 6.45) is -0.618. The number of ether oxygens (including phenoxy) is 1. The van der Waals surface area contributed by atoms with Gasteiger partial charge in [0.05, 0.1) is 12.7 Å². The number of nitrogens with two attached hydrogens (primary N) is 1. The Morgan fingerprint density at radius 3 is 3.08 bits per heavy atom. The lowest BCUT2D eigenvalue weighted by molar-refractivity contribution is -0.144. The lowest BCUT2D eigenvalue weighted by Crippen LogP contribution is -2.46. The second kappa shape index (κ2) is 4.39. The van der Waals surface area contributed by atoms with E-state index >= 15 is 0 Å². The lowest BCUT2D eigenvalue weighted by atomic mass is 10.3. The highest BCUT2D eigenvalue weighted by molar-refractivity contribution is 5.78. The predicted molar refractivity (Wildman–Crippen MR) is 42.5 cm³/mol. The molecule has 0 bridgehead atoms. The number of hydrogen-bond donors (Lipinski definition) is 2. The molecule has 0 radical (unpaired) electrons. The number of amides is 1. The summed E-state index contributed by atoms with van der Waals surface area (Å²) in [7, 11) is 0. The maximum atomic E-state index is 11.1. The van der Waals surface area contributed by atoms with Crippen LogP contribution in [-0.4, -0.2) is 54.9 Å². The van der Waals surface area contributed by atoms with E-state index in [-0.39, 0.29) is 19.1 Å². The number of aliphatic hydroxyl groups is 1. The standard InChI is InChI=1S/C7H14N2O3/c8-3-6(10)4-9-1-2-12-5-7(9)11/h6,10H,1-5,8H2/t6-/m1/s1. The Kier molecular flexibility index (Phi) is 3.46. The molecule has 0 unspecified atom stereocenters. The highest BCUT2D eigenvalue weighted by Crippen LogP contribution is 1.99. The molecule has 1 rings (SSSR count). The van der Waals surface area contributed by atoms with Gasteiger partial charge in [-0.05, 0) is 0 Å². The molecule has 1 aliphatic rings. The van der Waals surface area contributed by atoms with Crippen LogP contribution in [0.2, 0.25) is 0 Å². The Morgan fingerprint density at radius 2 is 2.50 bits per heavy atom. The van der Waals surface area contributed by atoms with E-state index < -0.39 is 6.10 Å². The first-order valence-corrected chi connectivity index (χ1v) is 3.97. The average Bonchev–Trinajstić information content (AvgIpc) is 2.09. The van der Waals surface area contributed by atoms with Gasteiger partial charge in [-0.15, -0.1) is 0 Å². The monoisotopic (exact) mass is 174 g/mol. The normalized spacial score (nSPS) is 21.2. The van der Waals surface area contributed by atoms with Crippen molar-refractivity contribution in [2.45, 2.75) is 6.10 Å². The third-order valence-corrected chi connectivity index (χ3v) is 1.79. The van der Waals surface area contributed by atoms with E-state index in [1.165, 1.54) is 0 Å². The number of carbonyl (C=O) groups excluding carboxylic acids is 1. The SMILES string of the molecule is NC[C@@H](O)CN1CCOCC1=O. The molecule has 1 atom stereocenters. The van der Waals surface area contributed by atoms with E-state index in [0.717, 1.165) is 0 Å². The van der Waals surface area contributed by atoms with Gasteiger partial charge in [0.25, 0.3) is 0 Å². The molecule has 5 nitrogen and oxygen atoms in total. The predicted octanol–water partition coefficient (Wildman–Crippen LogP) is -1.84. The summed E-state index contributed by atoms with van der Waals surface area (Å²) >= 11 is 0. The van der Waals surface area contributed by atoms with Crippen LogP contribution >= 0.6 is 0 Å². The van der Waals surface area contributed by atoms with Crippen LogP contribution < -0.4 is 5.73 Å². The molecule has 0 aromatic rings. The molecule has 5 heteroatoms. The summed E-state index contributed by atoms with van der Waals surface area (Å²) in [5, 5.41) is 9.17. The summed E-state index contributed by atoms with van der Waals surface area (Å²) < 4.78 is 4.92. The minimum Gasteiger partial charge on any atom is -0.390 e. The molecule has 0 aromatic heterocycles. The highest BCUT2D eigenvalue weighted by atomic mass is 16.5. The molecular formula is C7H14N2O3. The molecule has 1 amide bonds. The summed E-state index contributed by atoms with van der Waals surface area (Å²) in [6, 6.07) is 0. The van der Waals surface area contributed by atoms with Gasteiger partial charge < -0.3 is 20.5 Å². The number of hydrogen-bond acceptors (Lipinski definition) is 4. The van der Waals surface area contributed by atoms with Gasteiger partial charge in [-0.1, -0.05) is 0 Å². The van der Waals surface area contributed by atoms with E-state index in [4.69, 9.17) is 15.6 Å². The van der Waals surface area contributed by atoms with Crippen LogP contribution in [0.5, 0.6) is 0 Å². The maximum absolute atomic E-state index is 11.1. The Hall–Kier alpha value is -0.650. The molecule has 12 heavy (non-hydrogen) atoms. The maximum Gasteiger partial charge on any atom is 0.248 e. The van der Waals surface area contributed by atoms with Gasteiger partial charge >= 0.3 is 0 Å². The topological polar surface area (TPSA) is 75.8 Å². The lowest BCUT2D eigenvalue weighted by Gasteiger charge is -2.28. The van der Waals surface area contributed by atoms with E-state index in [2.05, 4.69) is 0 Å². The largest absolute Gasteiger partial charge is 0.390 e. The number of rotatable bonds is 3. The van der Waals surface area contributed by atoms with Crippen molar-refractivity contribution in [3.63, 3.8) is 0 Å². The van der Waals surface area contributed by atoms with E-state index in [1.807, 2.05) is 0 Å². The molecular weight excluding hydrogens is 160 g/mol. The first-order chi connectivity index (χ1) is 5.74. The zero-order chi connectivity index (χ0) is 8.97. The van der Waals surface area contributed by atoms with Crippen LogP contribution in [0.1, 0.15) is 0 Å². The minimum absolute atomic E-state index is 0.0752. The zero-order valence-electron chi connectivity index (χ0n) is 6.90. The second-order valence-corrected chi connectivity index (χ2v) is 2.78. The zero-order valence-corrected chi connectivity index (χ0v) is 6.90. The van der Waals surface area contributed by atoms with Gasteiger partial charge in [0.1, 0.15) is 6.61 Å². The fraction of sp³-hybridized carbons (Fsp3) is 0.857. The van der Waals surface area contributed by atoms with Crippen LogP contribution in [0.3, 0.4) is 0 Å². The number of nitrogens with zero attached hydrogens (tertiary/aromatic N) is 1. The molecule has 1 fully saturated rings. The van der Waals surface area contributed by atoms with Crippen LogP contribution in [0, 0.1) is 0 Å². The van der Waals surface area contributed by atoms with Crippen LogP contribution in [0.4, 0.5) is 0 Å². The van der Waals surface area contributed by atoms with Gasteiger partial charge in [0.2, 0.25) is 5.91 Å². The van der Waals surface area contributed by atoms with Gasteiger partial charge in [-0.25, -0.2) is 0 Å². The summed E-state index contributed by atoms with van der Waals surface area (Å²) in [4.78, 5) is 12.7. The minimum atomic E-state index is -0.618. The van der Waals surface area contributed by atoms with Crippen molar-refractivity contribution in [1.82, 2.24) is 4.90 Å². The quantitative estimate of drug-likeness (QED) is 0.527. The van der Waals surface area contributed by atoms with E-state index in [1.54, 1.807) is 4.90 Å². The molecule has 1 aliphatic heterocycles. The Labute approximate surface area is 71.1 Å². The molecule has 0 aliphatic carbocycles. The van der Waals surface area contributed by atoms with Gasteiger partial charge in [-0.2, -0.15) is 0 Å². The fourth-order valence-electron chi connectivity index (χ4n) is 1.07. The van der Waals surface area contributed by atoms with Gasteiger partial charge in [0, 0.05) is 19.6 Å². The van der Waals surface area contributed by atoms with Crippen molar-refractivity contribution in [1.29, 1.82) is 0 Å². The van der Waals surface area contributed by atoms with Crippen LogP contribution in [0.25, 0.3) is 0 Å². The van der Waals surface area contributed by atoms with Crippen molar-refractivity contribution in [2.24, 2.45) is 5.73 Å². The van der Waals surface area contributed by atoms with Crippen LogP contribution in [-0.2, 0) is 9.53 Å². The Balaban J connectivity index is 2.34. The molecule has 0 saturated carbocycles. The van der Waals surface area contributed by atoms with Crippen molar-refractivity contribution >= 4 is 5.91 Å². The summed E-state index contributed by atoms with van der Waals surface area (Å²) in [6.45, 7) is 1.72. The van der Waals surface area contributed by atoms with Crippen molar-refractivity contribution in [2.75, 3.05) is 32.8 Å². The molecule has 1 heterocycles. The number of morpholine rings is 1. The third kappa shape index (κ3) is 2.44. The van der Waals surface area contributed by atoms with Crippen molar-refractivity contribution in [3.05, 3.63) is 0 Å². The van der Waals surface area contributed by atoms with Crippen molar-refractivity contribution in [3.8, 4) is 0 Å². The highest BCUT2D eigenvalue weighted by Gasteiger charge is 2.20. The molecule has 0 aromatic carbocycles. The Morgan fingerprint density at radius 1 is 1.75 bits per heavy atom. The van der Waals surface area contributed by atoms with Crippen molar-refractivity contribution < 1.29 is 14.6 Å². The first kappa shape index (κ1) is 9.44. The smallest absolute Gasteiger partial charge is 0.248 e. The second-order valence-electron chi connectivity index (χ2n) is 2.78. The van der Waals surface area contributed by atoms with E-state index in [9.17, 15) is 4.79 Å². The molecule has 3 N–H and O–H groups in total. The number of aliphatic hydroxyl groups excluding tert-OH is 1. The third-order valence-electron chi connectivity index (χ3n) is 1.79. The Bertz CT molecular complexity index is 163. The summed E-state index contributed by atoms with van der Waals surface area (Å²) in [5.41, 5.74) is 5.22. The molecule has 0 spiro atoms. The average molecular weight is 174 g/mol. The molecule has 70 valence electrons. The summed E-state index contributed by atoms with van der Waals surface area (Å²) in [5.74, 6) is -0.0752. The van der Waals surface area contributed by atoms with E-state index in [0.29, 0.717) is 19.7 Å². The van der Waals surface area contributed by atoms with Crippen LogP contribution in [0.15, 0.2) is 0 Å². The number of carbonyl (C=O) groups is 1. The molecule has 1 saturated heterocycles. The fourth-order valence-corrected chi connectivity index (χ4v) is 1.07. The van der Waals surface area contributed by atoms with Gasteiger partial charge in [0.15, 0.2) is 0 Å². The van der Waals surface area contributed by atoms with Gasteiger partial charge in [-0.3, -0.25) is 4.79 Å². The number of β-amino-alcohol motifs (C(OH)–C–C–N with tert-alkyl or cyclic N) is 1.